The second-order valence-electron chi connectivity index (χ2n) is 6.34. The number of ether oxygens (including phenoxy) is 1. The van der Waals surface area contributed by atoms with E-state index in [1.807, 2.05) is 24.3 Å². The third-order valence-electron chi connectivity index (χ3n) is 4.45. The molecule has 2 aromatic carbocycles. The Labute approximate surface area is 167 Å². The quantitative estimate of drug-likeness (QED) is 0.407. The molecule has 3 rings (SSSR count). The zero-order chi connectivity index (χ0) is 20.1. The predicted octanol–water partition coefficient (Wildman–Crippen LogP) is 5.15. The van der Waals surface area contributed by atoms with Gasteiger partial charge in [-0.25, -0.2) is 9.18 Å². The molecule has 0 amide bonds. The third kappa shape index (κ3) is 4.54. The van der Waals surface area contributed by atoms with E-state index in [9.17, 15) is 14.0 Å². The van der Waals surface area contributed by atoms with E-state index >= 15 is 0 Å². The molecule has 1 aromatic heterocycles. The molecule has 1 heterocycles. The molecular formula is C22H19ClFNO3. The number of hydrogen-bond acceptors (Lipinski definition) is 4. The van der Waals surface area contributed by atoms with Crippen LogP contribution in [-0.2, 0) is 9.53 Å². The van der Waals surface area contributed by atoms with Crippen LogP contribution in [0.15, 0.2) is 60.8 Å². The SMILES string of the molecule is CCOC(=O)C(F)CC(C(=O)c1cnc2ccccc2c1)c1ccc(Cl)cc1. The number of pyridine rings is 1. The Morgan fingerprint density at radius 1 is 1.14 bits per heavy atom. The van der Waals surface area contributed by atoms with Crippen molar-refractivity contribution in [2.75, 3.05) is 6.61 Å². The lowest BCUT2D eigenvalue weighted by Crippen LogP contribution is -2.25. The highest BCUT2D eigenvalue weighted by atomic mass is 35.5. The number of esters is 1. The molecule has 4 nitrogen and oxygen atoms in total. The smallest absolute Gasteiger partial charge is 0.340 e. The summed E-state index contributed by atoms with van der Waals surface area (Å²) < 4.78 is 19.2. The third-order valence-corrected chi connectivity index (χ3v) is 4.70. The second-order valence-corrected chi connectivity index (χ2v) is 6.78. The number of nitrogens with zero attached hydrogens (tertiary/aromatic N) is 1. The zero-order valence-electron chi connectivity index (χ0n) is 15.3. The molecule has 144 valence electrons. The van der Waals surface area contributed by atoms with E-state index in [4.69, 9.17) is 16.3 Å². The van der Waals surface area contributed by atoms with Crippen molar-refractivity contribution in [1.82, 2.24) is 4.98 Å². The number of Topliss-reactive ketones (excluding diaryl/α,β-unsaturated/α-hetero) is 1. The topological polar surface area (TPSA) is 56.3 Å². The van der Waals surface area contributed by atoms with Gasteiger partial charge in [0.25, 0.3) is 0 Å². The monoisotopic (exact) mass is 399 g/mol. The van der Waals surface area contributed by atoms with Gasteiger partial charge in [0.1, 0.15) is 0 Å². The van der Waals surface area contributed by atoms with Crippen molar-refractivity contribution in [2.24, 2.45) is 0 Å². The number of alkyl halides is 1. The fraction of sp³-hybridized carbons (Fsp3) is 0.227. The van der Waals surface area contributed by atoms with E-state index in [1.165, 1.54) is 6.20 Å². The number of fused-ring (bicyclic) bond motifs is 1. The van der Waals surface area contributed by atoms with Crippen molar-refractivity contribution in [3.8, 4) is 0 Å². The lowest BCUT2D eigenvalue weighted by atomic mass is 9.86. The standard InChI is InChI=1S/C22H19ClFNO3/c1-2-28-22(27)19(24)12-18(14-7-9-17(23)10-8-14)21(26)16-11-15-5-3-4-6-20(15)25-13-16/h3-11,13,18-19H,2,12H2,1H3. The molecule has 0 spiro atoms. The molecule has 0 aliphatic heterocycles. The normalized spacial score (nSPS) is 13.1. The van der Waals surface area contributed by atoms with E-state index in [1.54, 1.807) is 37.3 Å². The van der Waals surface area contributed by atoms with Crippen LogP contribution < -0.4 is 0 Å². The van der Waals surface area contributed by atoms with Gasteiger partial charge in [0.15, 0.2) is 12.0 Å². The first kappa shape index (κ1) is 20.0. The lowest BCUT2D eigenvalue weighted by Gasteiger charge is -2.18. The fourth-order valence-electron chi connectivity index (χ4n) is 3.03. The van der Waals surface area contributed by atoms with Gasteiger partial charge in [0.05, 0.1) is 18.0 Å². The van der Waals surface area contributed by atoms with Crippen LogP contribution >= 0.6 is 11.6 Å². The van der Waals surface area contributed by atoms with E-state index in [2.05, 4.69) is 4.98 Å². The van der Waals surface area contributed by atoms with Crippen LogP contribution in [0.25, 0.3) is 10.9 Å². The van der Waals surface area contributed by atoms with Crippen LogP contribution in [0, 0.1) is 0 Å². The number of carbonyl (C=O) groups is 2. The molecule has 0 aliphatic rings. The number of aromatic nitrogens is 1. The molecule has 2 atom stereocenters. The van der Waals surface area contributed by atoms with E-state index in [0.717, 1.165) is 10.9 Å². The van der Waals surface area contributed by atoms with Gasteiger partial charge >= 0.3 is 5.97 Å². The summed E-state index contributed by atoms with van der Waals surface area (Å²) in [6.45, 7) is 1.68. The largest absolute Gasteiger partial charge is 0.464 e. The highest BCUT2D eigenvalue weighted by molar-refractivity contribution is 6.30. The average molecular weight is 400 g/mol. The van der Waals surface area contributed by atoms with Gasteiger partial charge in [-0.2, -0.15) is 0 Å². The Kier molecular flexibility index (Phi) is 6.37. The summed E-state index contributed by atoms with van der Waals surface area (Å²) in [6.07, 6.45) is -0.741. The van der Waals surface area contributed by atoms with Crippen LogP contribution in [0.2, 0.25) is 5.02 Å². The molecule has 6 heteroatoms. The Morgan fingerprint density at radius 3 is 2.57 bits per heavy atom. The highest BCUT2D eigenvalue weighted by Crippen LogP contribution is 2.29. The number of hydrogen-bond donors (Lipinski definition) is 0. The summed E-state index contributed by atoms with van der Waals surface area (Å²) in [5, 5.41) is 1.31. The number of para-hydroxylation sites is 1. The van der Waals surface area contributed by atoms with Crippen molar-refractivity contribution in [3.63, 3.8) is 0 Å². The first-order valence-electron chi connectivity index (χ1n) is 8.94. The van der Waals surface area contributed by atoms with Gasteiger partial charge in [-0.15, -0.1) is 0 Å². The molecule has 28 heavy (non-hydrogen) atoms. The number of carbonyl (C=O) groups excluding carboxylic acids is 2. The van der Waals surface area contributed by atoms with E-state index in [0.29, 0.717) is 16.1 Å². The molecule has 0 saturated heterocycles. The zero-order valence-corrected chi connectivity index (χ0v) is 16.0. The molecule has 2 unspecified atom stereocenters. The molecule has 0 N–H and O–H groups in total. The summed E-state index contributed by atoms with van der Waals surface area (Å²) in [5.74, 6) is -2.14. The summed E-state index contributed by atoms with van der Waals surface area (Å²) in [4.78, 5) is 29.3. The lowest BCUT2D eigenvalue weighted by molar-refractivity contribution is -0.149. The second kappa shape index (κ2) is 8.93. The Morgan fingerprint density at radius 2 is 1.86 bits per heavy atom. The molecule has 0 aliphatic carbocycles. The van der Waals surface area contributed by atoms with Gasteiger partial charge in [-0.3, -0.25) is 9.78 Å². The van der Waals surface area contributed by atoms with Crippen LogP contribution in [0.1, 0.15) is 35.2 Å². The van der Waals surface area contributed by atoms with Crippen molar-refractivity contribution < 1.29 is 18.7 Å². The minimum atomic E-state index is -1.90. The maximum absolute atomic E-state index is 14.5. The summed E-state index contributed by atoms with van der Waals surface area (Å²) in [7, 11) is 0. The van der Waals surface area contributed by atoms with Crippen molar-refractivity contribution in [3.05, 3.63) is 76.9 Å². The van der Waals surface area contributed by atoms with Crippen LogP contribution in [-0.4, -0.2) is 29.5 Å². The van der Waals surface area contributed by atoms with Crippen LogP contribution in [0.5, 0.6) is 0 Å². The highest BCUT2D eigenvalue weighted by Gasteiger charge is 2.30. The van der Waals surface area contributed by atoms with Crippen molar-refractivity contribution in [2.45, 2.75) is 25.4 Å². The minimum absolute atomic E-state index is 0.0768. The summed E-state index contributed by atoms with van der Waals surface area (Å²) in [6, 6.07) is 15.7. The molecule has 3 aromatic rings. The summed E-state index contributed by atoms with van der Waals surface area (Å²) >= 11 is 5.93. The molecule has 0 radical (unpaired) electrons. The van der Waals surface area contributed by atoms with Gasteiger partial charge < -0.3 is 4.74 Å². The number of rotatable bonds is 7. The molecule has 0 fully saturated rings. The van der Waals surface area contributed by atoms with Gasteiger partial charge in [-0.05, 0) is 36.8 Å². The Hall–Kier alpha value is -2.79. The van der Waals surface area contributed by atoms with E-state index in [-0.39, 0.29) is 18.8 Å². The maximum Gasteiger partial charge on any atom is 0.340 e. The predicted molar refractivity (Wildman–Crippen MR) is 106 cm³/mol. The Bertz CT molecular complexity index is 990. The first-order chi connectivity index (χ1) is 13.5. The minimum Gasteiger partial charge on any atom is -0.464 e. The first-order valence-corrected chi connectivity index (χ1v) is 9.32. The average Bonchev–Trinajstić information content (AvgIpc) is 2.72. The molecule has 0 bridgehead atoms. The van der Waals surface area contributed by atoms with Crippen molar-refractivity contribution >= 4 is 34.3 Å². The van der Waals surface area contributed by atoms with Gasteiger partial charge in [-0.1, -0.05) is 41.9 Å². The van der Waals surface area contributed by atoms with Crippen molar-refractivity contribution in [1.29, 1.82) is 0 Å². The molecular weight excluding hydrogens is 381 g/mol. The van der Waals surface area contributed by atoms with Crippen LogP contribution in [0.3, 0.4) is 0 Å². The number of benzene rings is 2. The van der Waals surface area contributed by atoms with E-state index < -0.39 is 18.1 Å². The molecule has 0 saturated carbocycles. The fourth-order valence-corrected chi connectivity index (χ4v) is 3.16. The Balaban J connectivity index is 1.95. The van der Waals surface area contributed by atoms with Crippen LogP contribution in [0.4, 0.5) is 4.39 Å². The van der Waals surface area contributed by atoms with Gasteiger partial charge in [0.2, 0.25) is 0 Å². The summed E-state index contributed by atoms with van der Waals surface area (Å²) in [5.41, 5.74) is 1.70. The van der Waals surface area contributed by atoms with Gasteiger partial charge in [0, 0.05) is 28.6 Å². The number of halogens is 2. The number of ketones is 1. The maximum atomic E-state index is 14.5.